The number of nitrogens with zero attached hydrogens (tertiary/aromatic N) is 1. The predicted octanol–water partition coefficient (Wildman–Crippen LogP) is 1.89. The monoisotopic (exact) mass is 292 g/mol. The fraction of sp³-hybridized carbons (Fsp3) is 0.917. The third-order valence-corrected chi connectivity index (χ3v) is 6.91. The molecule has 1 unspecified atom stereocenters. The summed E-state index contributed by atoms with van der Waals surface area (Å²) in [6, 6.07) is 0.106. The van der Waals surface area contributed by atoms with Crippen LogP contribution in [-0.2, 0) is 10.0 Å². The average Bonchev–Trinajstić information content (AvgIpc) is 2.36. The lowest BCUT2D eigenvalue weighted by Crippen LogP contribution is -2.46. The Labute approximate surface area is 116 Å². The van der Waals surface area contributed by atoms with Gasteiger partial charge in [-0.25, -0.2) is 12.7 Å². The highest BCUT2D eigenvalue weighted by atomic mass is 32.2. The first-order valence-corrected chi connectivity index (χ1v) is 8.48. The maximum atomic E-state index is 12.3. The minimum absolute atomic E-state index is 0.0455. The van der Waals surface area contributed by atoms with Gasteiger partial charge in [-0.1, -0.05) is 25.6 Å². The number of hydrogen-bond acceptors (Lipinski definition) is 3. The maximum absolute atomic E-state index is 12.3. The molecule has 6 heteroatoms. The van der Waals surface area contributed by atoms with Crippen LogP contribution in [0.5, 0.6) is 0 Å². The van der Waals surface area contributed by atoms with Crippen molar-refractivity contribution in [2.24, 2.45) is 11.7 Å². The van der Waals surface area contributed by atoms with E-state index in [0.717, 1.165) is 31.6 Å². The van der Waals surface area contributed by atoms with Crippen LogP contribution in [0.1, 0.15) is 46.0 Å². The van der Waals surface area contributed by atoms with Crippen molar-refractivity contribution in [3.63, 3.8) is 0 Å². The van der Waals surface area contributed by atoms with E-state index in [4.69, 9.17) is 18.0 Å². The van der Waals surface area contributed by atoms with E-state index in [1.54, 1.807) is 14.0 Å². The van der Waals surface area contributed by atoms with Gasteiger partial charge in [0.25, 0.3) is 0 Å². The average molecular weight is 292 g/mol. The smallest absolute Gasteiger partial charge is 0.223 e. The van der Waals surface area contributed by atoms with Gasteiger partial charge in [-0.2, -0.15) is 0 Å². The van der Waals surface area contributed by atoms with Crippen LogP contribution in [0, 0.1) is 5.92 Å². The first kappa shape index (κ1) is 15.9. The van der Waals surface area contributed by atoms with Crippen molar-refractivity contribution in [2.45, 2.75) is 57.2 Å². The molecule has 18 heavy (non-hydrogen) atoms. The Morgan fingerprint density at radius 1 is 1.39 bits per heavy atom. The maximum Gasteiger partial charge on any atom is 0.223 e. The SMILES string of the molecule is CCC1CCC(N(C)S(=O)(=O)C(C)C(N)=S)CC1. The van der Waals surface area contributed by atoms with Crippen molar-refractivity contribution in [3.8, 4) is 0 Å². The van der Waals surface area contributed by atoms with E-state index in [1.807, 2.05) is 0 Å². The summed E-state index contributed by atoms with van der Waals surface area (Å²) in [5, 5.41) is -0.776. The molecule has 0 aromatic heterocycles. The Hall–Kier alpha value is -0.200. The summed E-state index contributed by atoms with van der Waals surface area (Å²) in [5.41, 5.74) is 5.46. The van der Waals surface area contributed by atoms with Gasteiger partial charge >= 0.3 is 0 Å². The molecule has 1 saturated carbocycles. The predicted molar refractivity (Wildman–Crippen MR) is 79.0 cm³/mol. The molecule has 0 heterocycles. The molecule has 1 aliphatic rings. The summed E-state index contributed by atoms with van der Waals surface area (Å²) in [6.07, 6.45) is 5.30. The highest BCUT2D eigenvalue weighted by Gasteiger charge is 2.34. The Morgan fingerprint density at radius 3 is 2.28 bits per heavy atom. The van der Waals surface area contributed by atoms with Gasteiger partial charge in [-0.05, 0) is 38.5 Å². The van der Waals surface area contributed by atoms with Crippen molar-refractivity contribution in [3.05, 3.63) is 0 Å². The first-order valence-electron chi connectivity index (χ1n) is 6.56. The molecule has 0 spiro atoms. The van der Waals surface area contributed by atoms with Crippen LogP contribution < -0.4 is 5.73 Å². The molecule has 1 atom stereocenters. The molecule has 4 nitrogen and oxygen atoms in total. The second-order valence-electron chi connectivity index (χ2n) is 5.19. The fourth-order valence-electron chi connectivity index (χ4n) is 2.52. The molecule has 0 saturated heterocycles. The van der Waals surface area contributed by atoms with Crippen LogP contribution in [0.25, 0.3) is 0 Å². The first-order chi connectivity index (χ1) is 8.30. The Morgan fingerprint density at radius 2 is 1.89 bits per heavy atom. The topological polar surface area (TPSA) is 63.4 Å². The number of rotatable bonds is 5. The molecule has 1 aliphatic carbocycles. The van der Waals surface area contributed by atoms with E-state index < -0.39 is 15.3 Å². The summed E-state index contributed by atoms with van der Waals surface area (Å²) >= 11 is 4.80. The lowest BCUT2D eigenvalue weighted by atomic mass is 9.85. The summed E-state index contributed by atoms with van der Waals surface area (Å²) < 4.78 is 26.1. The molecule has 0 amide bonds. The van der Waals surface area contributed by atoms with E-state index in [2.05, 4.69) is 6.92 Å². The van der Waals surface area contributed by atoms with Gasteiger partial charge in [0, 0.05) is 13.1 Å². The zero-order valence-electron chi connectivity index (χ0n) is 11.4. The van der Waals surface area contributed by atoms with Crippen LogP contribution in [0.3, 0.4) is 0 Å². The van der Waals surface area contributed by atoms with Crippen molar-refractivity contribution >= 4 is 27.2 Å². The number of nitrogens with two attached hydrogens (primary N) is 1. The van der Waals surface area contributed by atoms with E-state index in [-0.39, 0.29) is 11.0 Å². The minimum atomic E-state index is -3.39. The summed E-state index contributed by atoms with van der Waals surface area (Å²) in [6.45, 7) is 3.76. The highest BCUT2D eigenvalue weighted by Crippen LogP contribution is 2.30. The molecule has 0 radical (unpaired) electrons. The van der Waals surface area contributed by atoms with Crippen LogP contribution in [0.4, 0.5) is 0 Å². The van der Waals surface area contributed by atoms with E-state index in [0.29, 0.717) is 0 Å². The van der Waals surface area contributed by atoms with Crippen molar-refractivity contribution in [2.75, 3.05) is 7.05 Å². The van der Waals surface area contributed by atoms with Crippen LogP contribution in [0.2, 0.25) is 0 Å². The highest BCUT2D eigenvalue weighted by molar-refractivity contribution is 7.92. The van der Waals surface area contributed by atoms with E-state index in [1.165, 1.54) is 10.7 Å². The minimum Gasteiger partial charge on any atom is -0.392 e. The number of thiocarbonyl (C=S) groups is 1. The van der Waals surface area contributed by atoms with Crippen LogP contribution in [0.15, 0.2) is 0 Å². The Balaban J connectivity index is 2.70. The second-order valence-corrected chi connectivity index (χ2v) is 7.97. The van der Waals surface area contributed by atoms with Crippen molar-refractivity contribution in [1.82, 2.24) is 4.31 Å². The molecule has 1 rings (SSSR count). The van der Waals surface area contributed by atoms with Gasteiger partial charge in [0.2, 0.25) is 10.0 Å². The molecule has 0 aromatic carbocycles. The molecular formula is C12H24N2O2S2. The van der Waals surface area contributed by atoms with E-state index >= 15 is 0 Å². The van der Waals surface area contributed by atoms with Gasteiger partial charge in [0.05, 0.1) is 4.99 Å². The normalized spacial score (nSPS) is 27.1. The summed E-state index contributed by atoms with van der Waals surface area (Å²) in [4.78, 5) is 0.0455. The zero-order valence-corrected chi connectivity index (χ0v) is 13.1. The molecular weight excluding hydrogens is 268 g/mol. The lowest BCUT2D eigenvalue weighted by molar-refractivity contribution is 0.232. The lowest BCUT2D eigenvalue weighted by Gasteiger charge is -2.34. The second kappa shape index (κ2) is 6.30. The Bertz CT molecular complexity index is 387. The fourth-order valence-corrected chi connectivity index (χ4v) is 4.30. The van der Waals surface area contributed by atoms with Crippen molar-refractivity contribution in [1.29, 1.82) is 0 Å². The zero-order chi connectivity index (χ0) is 13.9. The number of sulfonamides is 1. The molecule has 0 bridgehead atoms. The van der Waals surface area contributed by atoms with E-state index in [9.17, 15) is 8.42 Å². The van der Waals surface area contributed by atoms with Gasteiger partial charge in [-0.3, -0.25) is 0 Å². The van der Waals surface area contributed by atoms with Gasteiger partial charge in [-0.15, -0.1) is 0 Å². The molecule has 0 aromatic rings. The Kier molecular flexibility index (Phi) is 5.55. The standard InChI is InChI=1S/C12H24N2O2S2/c1-4-10-5-7-11(8-6-10)14(3)18(15,16)9(2)12(13)17/h9-11H,4-8H2,1-3H3,(H2,13,17). The van der Waals surface area contributed by atoms with Gasteiger partial charge in [0.1, 0.15) is 5.25 Å². The molecule has 106 valence electrons. The van der Waals surface area contributed by atoms with Crippen LogP contribution >= 0.6 is 12.2 Å². The summed E-state index contributed by atoms with van der Waals surface area (Å²) in [7, 11) is -1.74. The van der Waals surface area contributed by atoms with Crippen molar-refractivity contribution < 1.29 is 8.42 Å². The largest absolute Gasteiger partial charge is 0.392 e. The summed E-state index contributed by atoms with van der Waals surface area (Å²) in [5.74, 6) is 0.755. The quantitative estimate of drug-likeness (QED) is 0.786. The van der Waals surface area contributed by atoms with Gasteiger partial charge in [0.15, 0.2) is 0 Å². The van der Waals surface area contributed by atoms with Gasteiger partial charge < -0.3 is 5.73 Å². The molecule has 2 N–H and O–H groups in total. The molecule has 1 fully saturated rings. The van der Waals surface area contributed by atoms with Crippen LogP contribution in [-0.4, -0.2) is 36.1 Å². The molecule has 0 aliphatic heterocycles. The third-order valence-electron chi connectivity index (χ3n) is 4.16. The third kappa shape index (κ3) is 3.42. The number of hydrogen-bond donors (Lipinski definition) is 1.